The van der Waals surface area contributed by atoms with Crippen LogP contribution in [0.4, 0.5) is 0 Å². The zero-order chi connectivity index (χ0) is 17.1. The Balaban J connectivity index is 3.46. The van der Waals surface area contributed by atoms with Crippen LogP contribution in [-0.4, -0.2) is 21.7 Å². The third-order valence-corrected chi connectivity index (χ3v) is 10.6. The van der Waals surface area contributed by atoms with Gasteiger partial charge in [-0.15, -0.1) is 0 Å². The normalized spacial score (nSPS) is 12.1. The highest BCUT2D eigenvalue weighted by Crippen LogP contribution is 2.45. The molecule has 124 valence electrons. The number of hydrogen-bond donors (Lipinski definition) is 0. The summed E-state index contributed by atoms with van der Waals surface area (Å²) < 4.78 is 12.2. The number of aryl methyl sites for hydroxylation is 1. The Morgan fingerprint density at radius 1 is 1.00 bits per heavy atom. The fraction of sp³-hybridized carbons (Fsp3) is 0.611. The molecule has 4 heteroatoms. The van der Waals surface area contributed by atoms with Crippen LogP contribution in [0.3, 0.4) is 0 Å². The van der Waals surface area contributed by atoms with Gasteiger partial charge < -0.3 is 9.16 Å². The average molecular weight is 323 g/mol. The molecule has 1 rings (SSSR count). The molecular formula is C18H30O3Si. The van der Waals surface area contributed by atoms with Gasteiger partial charge >= 0.3 is 0 Å². The van der Waals surface area contributed by atoms with E-state index in [1.165, 1.54) is 0 Å². The average Bonchev–Trinajstić information content (AvgIpc) is 2.42. The Labute approximate surface area is 136 Å². The molecule has 0 atom stereocenters. The first-order chi connectivity index (χ1) is 10.2. The van der Waals surface area contributed by atoms with Crippen LogP contribution in [0.1, 0.15) is 57.5 Å². The Morgan fingerprint density at radius 3 is 1.86 bits per heavy atom. The van der Waals surface area contributed by atoms with Crippen LogP contribution in [0.15, 0.2) is 12.1 Å². The van der Waals surface area contributed by atoms with E-state index in [-0.39, 0.29) is 0 Å². The second-order valence-electron chi connectivity index (χ2n) is 6.91. The van der Waals surface area contributed by atoms with E-state index < -0.39 is 8.32 Å². The smallest absolute Gasteiger partial charge is 0.258 e. The molecule has 0 aliphatic rings. The van der Waals surface area contributed by atoms with Crippen molar-refractivity contribution in [3.63, 3.8) is 0 Å². The highest BCUT2D eigenvalue weighted by atomic mass is 28.4. The highest BCUT2D eigenvalue weighted by molar-refractivity contribution is 6.78. The molecular weight excluding hydrogens is 292 g/mol. The molecule has 0 saturated carbocycles. The van der Waals surface area contributed by atoms with E-state index in [0.717, 1.165) is 17.6 Å². The Morgan fingerprint density at radius 2 is 1.50 bits per heavy atom. The molecule has 1 aromatic rings. The van der Waals surface area contributed by atoms with Crippen LogP contribution in [-0.2, 0) is 0 Å². The maximum absolute atomic E-state index is 11.2. The summed E-state index contributed by atoms with van der Waals surface area (Å²) in [5.74, 6) is 1.46. The molecule has 0 amide bonds. The fourth-order valence-electron chi connectivity index (χ4n) is 3.72. The second-order valence-corrected chi connectivity index (χ2v) is 12.3. The van der Waals surface area contributed by atoms with Gasteiger partial charge in [0.25, 0.3) is 8.32 Å². The number of hydrogen-bond acceptors (Lipinski definition) is 3. The number of methoxy groups -OCH3 is 1. The van der Waals surface area contributed by atoms with E-state index in [1.54, 1.807) is 7.11 Å². The number of ether oxygens (including phenoxy) is 1. The van der Waals surface area contributed by atoms with Gasteiger partial charge in [0, 0.05) is 5.56 Å². The summed E-state index contributed by atoms with van der Waals surface area (Å²) in [5.41, 5.74) is 2.97. The summed E-state index contributed by atoms with van der Waals surface area (Å²) in [6.45, 7) is 15.4. The molecule has 22 heavy (non-hydrogen) atoms. The lowest BCUT2D eigenvalue weighted by molar-refractivity contribution is 0.112. The number of carbonyl (C=O) groups excluding carboxylic acids is 1. The van der Waals surface area contributed by atoms with Crippen LogP contribution in [0.5, 0.6) is 11.5 Å². The van der Waals surface area contributed by atoms with Crippen LogP contribution < -0.4 is 9.16 Å². The van der Waals surface area contributed by atoms with Gasteiger partial charge in [-0.1, -0.05) is 41.5 Å². The zero-order valence-electron chi connectivity index (χ0n) is 15.2. The van der Waals surface area contributed by atoms with E-state index in [1.807, 2.05) is 19.1 Å². The predicted molar refractivity (Wildman–Crippen MR) is 94.8 cm³/mol. The Bertz CT molecular complexity index is 500. The van der Waals surface area contributed by atoms with Gasteiger partial charge in [-0.25, -0.2) is 0 Å². The van der Waals surface area contributed by atoms with Crippen molar-refractivity contribution < 1.29 is 14.0 Å². The molecule has 0 fully saturated rings. The standard InChI is InChI=1S/C18H30O3Si/c1-12(2)22(13(3)4,14(5)6)21-17-10-16(11-19)9-15(7)18(17)20-8/h9-14H,1-8H3. The summed E-state index contributed by atoms with van der Waals surface area (Å²) >= 11 is 0. The van der Waals surface area contributed by atoms with Gasteiger partial charge in [-0.2, -0.15) is 0 Å². The first-order valence-electron chi connectivity index (χ1n) is 8.03. The molecule has 0 aliphatic heterocycles. The molecule has 0 aliphatic carbocycles. The first-order valence-corrected chi connectivity index (χ1v) is 10.2. The SMILES string of the molecule is COc1c(C)cc(C=O)cc1O[Si](C(C)C)(C(C)C)C(C)C. The lowest BCUT2D eigenvalue weighted by Gasteiger charge is -2.42. The molecule has 0 aromatic heterocycles. The molecule has 1 aromatic carbocycles. The van der Waals surface area contributed by atoms with Crippen molar-refractivity contribution in [2.24, 2.45) is 0 Å². The van der Waals surface area contributed by atoms with E-state index >= 15 is 0 Å². The lowest BCUT2D eigenvalue weighted by atomic mass is 10.1. The van der Waals surface area contributed by atoms with Gasteiger partial charge in [-0.3, -0.25) is 4.79 Å². The second kappa shape index (κ2) is 7.31. The van der Waals surface area contributed by atoms with Crippen LogP contribution in [0.25, 0.3) is 0 Å². The third-order valence-electron chi connectivity index (χ3n) is 4.60. The molecule has 0 bridgehead atoms. The van der Waals surface area contributed by atoms with Crippen LogP contribution in [0, 0.1) is 6.92 Å². The van der Waals surface area contributed by atoms with Gasteiger partial charge in [0.1, 0.15) is 12.0 Å². The van der Waals surface area contributed by atoms with Crippen molar-refractivity contribution in [3.8, 4) is 11.5 Å². The largest absolute Gasteiger partial charge is 0.540 e. The summed E-state index contributed by atoms with van der Waals surface area (Å²) in [6, 6.07) is 3.65. The molecule has 0 spiro atoms. The Kier molecular flexibility index (Phi) is 6.24. The summed E-state index contributed by atoms with van der Waals surface area (Å²) in [4.78, 5) is 11.2. The van der Waals surface area contributed by atoms with Crippen molar-refractivity contribution in [1.29, 1.82) is 0 Å². The van der Waals surface area contributed by atoms with E-state index in [0.29, 0.717) is 27.9 Å². The van der Waals surface area contributed by atoms with E-state index in [2.05, 4.69) is 41.5 Å². The zero-order valence-corrected chi connectivity index (χ0v) is 16.2. The van der Waals surface area contributed by atoms with Gasteiger partial charge in [0.05, 0.1) is 7.11 Å². The number of benzene rings is 1. The topological polar surface area (TPSA) is 35.5 Å². The molecule has 0 heterocycles. The summed E-state index contributed by atoms with van der Waals surface area (Å²) in [5, 5.41) is 0. The first kappa shape index (κ1) is 18.8. The number of aldehydes is 1. The third kappa shape index (κ3) is 3.37. The molecule has 0 saturated heterocycles. The minimum Gasteiger partial charge on any atom is -0.540 e. The fourth-order valence-corrected chi connectivity index (χ4v) is 8.96. The van der Waals surface area contributed by atoms with Gasteiger partial charge in [-0.05, 0) is 41.2 Å². The van der Waals surface area contributed by atoms with Gasteiger partial charge in [0.2, 0.25) is 0 Å². The lowest BCUT2D eigenvalue weighted by Crippen LogP contribution is -2.50. The van der Waals surface area contributed by atoms with Crippen molar-refractivity contribution in [1.82, 2.24) is 0 Å². The number of carbonyl (C=O) groups is 1. The van der Waals surface area contributed by atoms with E-state index in [9.17, 15) is 4.79 Å². The highest BCUT2D eigenvalue weighted by Gasteiger charge is 2.47. The van der Waals surface area contributed by atoms with Crippen LogP contribution in [0.2, 0.25) is 16.6 Å². The van der Waals surface area contributed by atoms with Crippen molar-refractivity contribution in [3.05, 3.63) is 23.3 Å². The predicted octanol–water partition coefficient (Wildman–Crippen LogP) is 5.37. The molecule has 3 nitrogen and oxygen atoms in total. The van der Waals surface area contributed by atoms with Crippen molar-refractivity contribution >= 4 is 14.6 Å². The maximum Gasteiger partial charge on any atom is 0.258 e. The Hall–Kier alpha value is -1.29. The quantitative estimate of drug-likeness (QED) is 0.500. The minimum absolute atomic E-state index is 0.470. The maximum atomic E-state index is 11.2. The van der Waals surface area contributed by atoms with Gasteiger partial charge in [0.15, 0.2) is 5.75 Å². The summed E-state index contributed by atoms with van der Waals surface area (Å²) in [6.07, 6.45) is 0.864. The monoisotopic (exact) mass is 322 g/mol. The minimum atomic E-state index is -2.07. The molecule has 0 radical (unpaired) electrons. The van der Waals surface area contributed by atoms with E-state index in [4.69, 9.17) is 9.16 Å². The van der Waals surface area contributed by atoms with Crippen LogP contribution >= 0.6 is 0 Å². The van der Waals surface area contributed by atoms with Crippen molar-refractivity contribution in [2.45, 2.75) is 65.1 Å². The van der Waals surface area contributed by atoms with Crippen molar-refractivity contribution in [2.75, 3.05) is 7.11 Å². The summed E-state index contributed by atoms with van der Waals surface area (Å²) in [7, 11) is -0.419. The molecule has 0 N–H and O–H groups in total. The number of rotatable bonds is 7. The molecule has 0 unspecified atom stereocenters.